The molecule has 0 bridgehead atoms. The van der Waals surface area contributed by atoms with E-state index in [1.54, 1.807) is 0 Å². The van der Waals surface area contributed by atoms with Crippen LogP contribution in [0.2, 0.25) is 0 Å². The lowest BCUT2D eigenvalue weighted by molar-refractivity contribution is -0.139. The first-order valence-electron chi connectivity index (χ1n) is 7.50. The van der Waals surface area contributed by atoms with Crippen molar-refractivity contribution in [2.45, 2.75) is 58.4 Å². The molecule has 0 aliphatic heterocycles. The summed E-state index contributed by atoms with van der Waals surface area (Å²) in [5.41, 5.74) is 1.10. The number of hydrogen-bond acceptors (Lipinski definition) is 4. The van der Waals surface area contributed by atoms with Crippen LogP contribution in [-0.2, 0) is 17.6 Å². The van der Waals surface area contributed by atoms with Crippen molar-refractivity contribution in [2.24, 2.45) is 5.92 Å². The van der Waals surface area contributed by atoms with Crippen LogP contribution >= 0.6 is 0 Å². The monoisotopic (exact) mass is 294 g/mol. The summed E-state index contributed by atoms with van der Waals surface area (Å²) in [6.45, 7) is 3.84. The van der Waals surface area contributed by atoms with E-state index in [9.17, 15) is 14.7 Å². The first-order valence-corrected chi connectivity index (χ1v) is 7.50. The molecule has 1 heterocycles. The molecular formula is C15H22N2O4. The lowest BCUT2D eigenvalue weighted by atomic mass is 10.0. The molecule has 1 aliphatic rings. The van der Waals surface area contributed by atoms with E-state index < -0.39 is 17.9 Å². The number of amides is 1. The molecule has 0 fully saturated rings. The molecule has 2 rings (SSSR count). The minimum absolute atomic E-state index is 0.181. The molecular weight excluding hydrogens is 272 g/mol. The van der Waals surface area contributed by atoms with Gasteiger partial charge in [-0.1, -0.05) is 25.4 Å². The van der Waals surface area contributed by atoms with Gasteiger partial charge < -0.3 is 14.9 Å². The van der Waals surface area contributed by atoms with E-state index in [2.05, 4.69) is 10.5 Å². The molecule has 1 aromatic heterocycles. The molecule has 2 N–H and O–H groups in total. The van der Waals surface area contributed by atoms with Crippen LogP contribution in [0.1, 0.15) is 61.3 Å². The van der Waals surface area contributed by atoms with E-state index in [1.165, 1.54) is 0 Å². The van der Waals surface area contributed by atoms with E-state index in [0.29, 0.717) is 6.42 Å². The van der Waals surface area contributed by atoms with Crippen molar-refractivity contribution in [2.75, 3.05) is 0 Å². The molecule has 1 amide bonds. The third-order valence-corrected chi connectivity index (χ3v) is 3.73. The fourth-order valence-electron chi connectivity index (χ4n) is 2.66. The Hall–Kier alpha value is -1.85. The number of carboxylic acids is 1. The highest BCUT2D eigenvalue weighted by molar-refractivity contribution is 5.96. The highest BCUT2D eigenvalue weighted by Crippen LogP contribution is 2.23. The molecule has 0 aromatic carbocycles. The van der Waals surface area contributed by atoms with E-state index in [1.807, 2.05) is 13.8 Å². The van der Waals surface area contributed by atoms with Gasteiger partial charge in [0.1, 0.15) is 11.8 Å². The van der Waals surface area contributed by atoms with E-state index >= 15 is 0 Å². The van der Waals surface area contributed by atoms with Crippen LogP contribution in [0.25, 0.3) is 0 Å². The number of aliphatic carboxylic acids is 1. The second kappa shape index (κ2) is 6.74. The van der Waals surface area contributed by atoms with Crippen LogP contribution in [0, 0.1) is 5.92 Å². The standard InChI is InChI=1S/C15H22N2O4/c1-9(2)8-11(15(19)20)16-14(18)13-10-6-4-3-5-7-12(10)21-17-13/h9,11H,3-8H2,1-2H3,(H,16,18)(H,19,20). The van der Waals surface area contributed by atoms with Gasteiger partial charge in [-0.2, -0.15) is 0 Å². The Labute approximate surface area is 123 Å². The van der Waals surface area contributed by atoms with E-state index in [0.717, 1.165) is 43.4 Å². The van der Waals surface area contributed by atoms with Crippen LogP contribution in [0.5, 0.6) is 0 Å². The Morgan fingerprint density at radius 3 is 2.67 bits per heavy atom. The Morgan fingerprint density at radius 2 is 2.00 bits per heavy atom. The summed E-state index contributed by atoms with van der Waals surface area (Å²) in [4.78, 5) is 23.5. The molecule has 1 aliphatic carbocycles. The summed E-state index contributed by atoms with van der Waals surface area (Å²) in [6.07, 6.45) is 5.10. The molecule has 6 heteroatoms. The minimum atomic E-state index is -1.02. The second-order valence-corrected chi connectivity index (χ2v) is 5.99. The summed E-state index contributed by atoms with van der Waals surface area (Å²) < 4.78 is 5.25. The van der Waals surface area contributed by atoms with E-state index in [4.69, 9.17) is 4.52 Å². The molecule has 1 atom stereocenters. The fraction of sp³-hybridized carbons (Fsp3) is 0.667. The summed E-state index contributed by atoms with van der Waals surface area (Å²) in [5, 5.41) is 15.6. The maximum atomic E-state index is 12.3. The topological polar surface area (TPSA) is 92.4 Å². The molecule has 1 unspecified atom stereocenters. The third kappa shape index (κ3) is 3.83. The molecule has 6 nitrogen and oxygen atoms in total. The molecule has 116 valence electrons. The maximum Gasteiger partial charge on any atom is 0.326 e. The Morgan fingerprint density at radius 1 is 1.29 bits per heavy atom. The van der Waals surface area contributed by atoms with Crippen molar-refractivity contribution < 1.29 is 19.2 Å². The Balaban J connectivity index is 2.12. The number of fused-ring (bicyclic) bond motifs is 1. The molecule has 1 aromatic rings. The van der Waals surface area contributed by atoms with Crippen molar-refractivity contribution in [3.05, 3.63) is 17.0 Å². The second-order valence-electron chi connectivity index (χ2n) is 5.99. The zero-order valence-electron chi connectivity index (χ0n) is 12.5. The van der Waals surface area contributed by atoms with Gasteiger partial charge in [0.25, 0.3) is 5.91 Å². The minimum Gasteiger partial charge on any atom is -0.480 e. The summed E-state index contributed by atoms with van der Waals surface area (Å²) in [6, 6.07) is -0.893. The number of carbonyl (C=O) groups is 2. The highest BCUT2D eigenvalue weighted by Gasteiger charge is 2.27. The van der Waals surface area contributed by atoms with Crippen molar-refractivity contribution in [3.63, 3.8) is 0 Å². The van der Waals surface area contributed by atoms with Crippen LogP contribution in [-0.4, -0.2) is 28.2 Å². The maximum absolute atomic E-state index is 12.3. The van der Waals surface area contributed by atoms with Crippen molar-refractivity contribution >= 4 is 11.9 Å². The van der Waals surface area contributed by atoms with Gasteiger partial charge in [-0.25, -0.2) is 4.79 Å². The van der Waals surface area contributed by atoms with Crippen LogP contribution < -0.4 is 5.32 Å². The van der Waals surface area contributed by atoms with Crippen LogP contribution in [0.4, 0.5) is 0 Å². The third-order valence-electron chi connectivity index (χ3n) is 3.73. The smallest absolute Gasteiger partial charge is 0.326 e. The average Bonchev–Trinajstić information content (AvgIpc) is 2.66. The summed E-state index contributed by atoms with van der Waals surface area (Å²) in [5.74, 6) is -0.518. The number of nitrogens with zero attached hydrogens (tertiary/aromatic N) is 1. The van der Waals surface area contributed by atoms with Gasteiger partial charge >= 0.3 is 5.97 Å². The first kappa shape index (κ1) is 15.5. The predicted octanol–water partition coefficient (Wildman–Crippen LogP) is 2.17. The molecule has 0 saturated heterocycles. The SMILES string of the molecule is CC(C)CC(NC(=O)c1noc2c1CCCCC2)C(=O)O. The van der Waals surface area contributed by atoms with Crippen LogP contribution in [0.15, 0.2) is 4.52 Å². The Kier molecular flexibility index (Phi) is 4.98. The van der Waals surface area contributed by atoms with Crippen molar-refractivity contribution in [1.29, 1.82) is 0 Å². The number of carboxylic acid groups (broad SMARTS) is 1. The quantitative estimate of drug-likeness (QED) is 0.812. The van der Waals surface area contributed by atoms with Gasteiger partial charge in [-0.05, 0) is 31.6 Å². The van der Waals surface area contributed by atoms with Gasteiger partial charge in [0.2, 0.25) is 0 Å². The lowest BCUT2D eigenvalue weighted by Gasteiger charge is -2.15. The average molecular weight is 294 g/mol. The highest BCUT2D eigenvalue weighted by atomic mass is 16.5. The van der Waals surface area contributed by atoms with Gasteiger partial charge in [-0.15, -0.1) is 0 Å². The Bertz CT molecular complexity index is 522. The van der Waals surface area contributed by atoms with Gasteiger partial charge in [0.05, 0.1) is 0 Å². The largest absolute Gasteiger partial charge is 0.480 e. The number of rotatable bonds is 5. The predicted molar refractivity (Wildman–Crippen MR) is 76.1 cm³/mol. The summed E-state index contributed by atoms with van der Waals surface area (Å²) >= 11 is 0. The zero-order valence-corrected chi connectivity index (χ0v) is 12.5. The number of aryl methyl sites for hydroxylation is 1. The molecule has 21 heavy (non-hydrogen) atoms. The van der Waals surface area contributed by atoms with Crippen LogP contribution in [0.3, 0.4) is 0 Å². The lowest BCUT2D eigenvalue weighted by Crippen LogP contribution is -2.42. The van der Waals surface area contributed by atoms with Gasteiger partial charge in [0.15, 0.2) is 5.69 Å². The molecule has 0 radical (unpaired) electrons. The van der Waals surface area contributed by atoms with Gasteiger partial charge in [-0.3, -0.25) is 4.79 Å². The first-order chi connectivity index (χ1) is 9.99. The number of nitrogens with one attached hydrogen (secondary N) is 1. The number of carbonyl (C=O) groups excluding carboxylic acids is 1. The summed E-state index contributed by atoms with van der Waals surface area (Å²) in [7, 11) is 0. The fourth-order valence-corrected chi connectivity index (χ4v) is 2.66. The van der Waals surface area contributed by atoms with Gasteiger partial charge in [0, 0.05) is 12.0 Å². The zero-order chi connectivity index (χ0) is 15.4. The van der Waals surface area contributed by atoms with Crippen molar-refractivity contribution in [3.8, 4) is 0 Å². The van der Waals surface area contributed by atoms with Crippen molar-refractivity contribution in [1.82, 2.24) is 10.5 Å². The number of aromatic nitrogens is 1. The number of hydrogen-bond donors (Lipinski definition) is 2. The normalized spacial score (nSPS) is 16.1. The molecule has 0 spiro atoms. The molecule has 0 saturated carbocycles. The van der Waals surface area contributed by atoms with E-state index in [-0.39, 0.29) is 11.6 Å².